The minimum Gasteiger partial charge on any atom is -0.296 e. The number of aromatic nitrogens is 2. The molecule has 1 aromatic heterocycles. The summed E-state index contributed by atoms with van der Waals surface area (Å²) in [6.07, 6.45) is 0. The van der Waals surface area contributed by atoms with Crippen molar-refractivity contribution in [1.29, 1.82) is 0 Å². The largest absolute Gasteiger partial charge is 0.296 e. The van der Waals surface area contributed by atoms with Gasteiger partial charge in [0.25, 0.3) is 5.91 Å². The van der Waals surface area contributed by atoms with E-state index in [1.54, 1.807) is 13.8 Å². The first-order valence-electron chi connectivity index (χ1n) is 8.76. The predicted molar refractivity (Wildman–Crippen MR) is 110 cm³/mol. The molecule has 0 radical (unpaired) electrons. The van der Waals surface area contributed by atoms with E-state index in [-0.39, 0.29) is 10.8 Å². The molecule has 9 heteroatoms. The molecule has 1 N–H and O–H groups in total. The van der Waals surface area contributed by atoms with Crippen molar-refractivity contribution < 1.29 is 13.2 Å². The van der Waals surface area contributed by atoms with Gasteiger partial charge in [-0.05, 0) is 24.3 Å². The fourth-order valence-electron chi connectivity index (χ4n) is 2.63. The van der Waals surface area contributed by atoms with Gasteiger partial charge in [0.05, 0.1) is 4.90 Å². The van der Waals surface area contributed by atoms with Crippen LogP contribution in [0.15, 0.2) is 59.5 Å². The lowest BCUT2D eigenvalue weighted by atomic mass is 10.2. The molecule has 0 aliphatic carbocycles. The lowest BCUT2D eigenvalue weighted by molar-refractivity contribution is 0.102. The minimum absolute atomic E-state index is 0.162. The number of amides is 1. The van der Waals surface area contributed by atoms with Crippen molar-refractivity contribution in [1.82, 2.24) is 14.5 Å². The van der Waals surface area contributed by atoms with Gasteiger partial charge < -0.3 is 0 Å². The van der Waals surface area contributed by atoms with Gasteiger partial charge in [-0.1, -0.05) is 55.5 Å². The van der Waals surface area contributed by atoms with Gasteiger partial charge in [-0.15, -0.1) is 10.2 Å². The van der Waals surface area contributed by atoms with Crippen molar-refractivity contribution in [2.24, 2.45) is 0 Å². The Morgan fingerprint density at radius 1 is 1.00 bits per heavy atom. The van der Waals surface area contributed by atoms with Crippen molar-refractivity contribution in [2.45, 2.75) is 18.7 Å². The van der Waals surface area contributed by atoms with E-state index in [1.165, 1.54) is 39.9 Å². The van der Waals surface area contributed by atoms with Gasteiger partial charge in [0.2, 0.25) is 15.2 Å². The molecule has 0 bridgehead atoms. The van der Waals surface area contributed by atoms with Crippen molar-refractivity contribution in [3.63, 3.8) is 0 Å². The Bertz CT molecular complexity index is 1040. The van der Waals surface area contributed by atoms with E-state index in [9.17, 15) is 13.2 Å². The number of nitrogens with zero attached hydrogens (tertiary/aromatic N) is 3. The number of rotatable bonds is 7. The zero-order valence-electron chi connectivity index (χ0n) is 15.5. The molecule has 1 amide bonds. The molecule has 0 fully saturated rings. The predicted octanol–water partition coefficient (Wildman–Crippen LogP) is 3.49. The minimum atomic E-state index is -3.55. The zero-order valence-corrected chi connectivity index (χ0v) is 17.1. The quantitative estimate of drug-likeness (QED) is 0.636. The molecule has 1 heterocycles. The van der Waals surface area contributed by atoms with E-state index in [0.717, 1.165) is 5.56 Å². The van der Waals surface area contributed by atoms with Crippen LogP contribution < -0.4 is 5.32 Å². The van der Waals surface area contributed by atoms with E-state index < -0.39 is 10.0 Å². The molecule has 3 aromatic rings. The Morgan fingerprint density at radius 3 is 2.25 bits per heavy atom. The fourth-order valence-corrected chi connectivity index (χ4v) is 4.83. The summed E-state index contributed by atoms with van der Waals surface area (Å²) < 4.78 is 26.4. The van der Waals surface area contributed by atoms with Crippen molar-refractivity contribution >= 4 is 32.4 Å². The van der Waals surface area contributed by atoms with Crippen LogP contribution in [0, 0.1) is 0 Å². The summed E-state index contributed by atoms with van der Waals surface area (Å²) in [5.41, 5.74) is 1.27. The normalized spacial score (nSPS) is 11.5. The Morgan fingerprint density at radius 2 is 1.64 bits per heavy atom. The fraction of sp³-hybridized carbons (Fsp3) is 0.211. The molecule has 2 aromatic carbocycles. The Hall–Kier alpha value is -2.62. The number of anilines is 1. The summed E-state index contributed by atoms with van der Waals surface area (Å²) >= 11 is 1.27. The van der Waals surface area contributed by atoms with E-state index in [4.69, 9.17) is 0 Å². The lowest BCUT2D eigenvalue weighted by Crippen LogP contribution is -2.30. The highest BCUT2D eigenvalue weighted by atomic mass is 32.2. The van der Waals surface area contributed by atoms with Crippen molar-refractivity contribution in [3.8, 4) is 10.6 Å². The van der Waals surface area contributed by atoms with Gasteiger partial charge in [0, 0.05) is 24.2 Å². The van der Waals surface area contributed by atoms with Crippen LogP contribution >= 0.6 is 11.3 Å². The highest BCUT2D eigenvalue weighted by molar-refractivity contribution is 7.89. The summed E-state index contributed by atoms with van der Waals surface area (Å²) in [6, 6.07) is 15.4. The van der Waals surface area contributed by atoms with Crippen LogP contribution in [0.3, 0.4) is 0 Å². The number of hydrogen-bond acceptors (Lipinski definition) is 6. The molecule has 0 spiro atoms. The maximum absolute atomic E-state index is 12.5. The topological polar surface area (TPSA) is 92.3 Å². The molecule has 3 rings (SSSR count). The molecule has 0 unspecified atom stereocenters. The Kier molecular flexibility index (Phi) is 6.18. The SMILES string of the molecule is CCN(CC)S(=O)(=O)c1ccc(C(=O)Nc2nnc(-c3ccccc3)s2)cc1. The average Bonchev–Trinajstić information content (AvgIpc) is 3.18. The van der Waals surface area contributed by atoms with Crippen LogP contribution in [-0.2, 0) is 10.0 Å². The molecule has 0 saturated carbocycles. The summed E-state index contributed by atoms with van der Waals surface area (Å²) in [6.45, 7) is 4.35. The van der Waals surface area contributed by atoms with Gasteiger partial charge >= 0.3 is 0 Å². The van der Waals surface area contributed by atoms with Crippen LogP contribution in [0.25, 0.3) is 10.6 Å². The maximum Gasteiger partial charge on any atom is 0.257 e. The number of sulfonamides is 1. The van der Waals surface area contributed by atoms with Crippen molar-refractivity contribution in [3.05, 3.63) is 60.2 Å². The number of benzene rings is 2. The number of carbonyl (C=O) groups excluding carboxylic acids is 1. The molecule has 0 saturated heterocycles. The molecule has 7 nitrogen and oxygen atoms in total. The number of nitrogens with one attached hydrogen (secondary N) is 1. The van der Waals surface area contributed by atoms with Gasteiger partial charge in [-0.2, -0.15) is 4.31 Å². The lowest BCUT2D eigenvalue weighted by Gasteiger charge is -2.18. The van der Waals surface area contributed by atoms with Crippen LogP contribution in [0.2, 0.25) is 0 Å². The standard InChI is InChI=1S/C19H20N4O3S2/c1-3-23(4-2)28(25,26)16-12-10-14(11-13-16)17(24)20-19-22-21-18(27-19)15-8-6-5-7-9-15/h5-13H,3-4H2,1-2H3,(H,20,22,24). The smallest absolute Gasteiger partial charge is 0.257 e. The molecule has 28 heavy (non-hydrogen) atoms. The van der Waals surface area contributed by atoms with Gasteiger partial charge in [-0.3, -0.25) is 10.1 Å². The molecule has 0 atom stereocenters. The highest BCUT2D eigenvalue weighted by Gasteiger charge is 2.21. The average molecular weight is 417 g/mol. The number of carbonyl (C=O) groups is 1. The maximum atomic E-state index is 12.5. The molecule has 146 valence electrons. The highest BCUT2D eigenvalue weighted by Crippen LogP contribution is 2.26. The monoisotopic (exact) mass is 416 g/mol. The zero-order chi connectivity index (χ0) is 20.1. The number of hydrogen-bond donors (Lipinski definition) is 1. The van der Waals surface area contributed by atoms with Crippen LogP contribution in [0.4, 0.5) is 5.13 Å². The Balaban J connectivity index is 1.73. The Labute approximate surface area is 168 Å². The summed E-state index contributed by atoms with van der Waals surface area (Å²) in [5.74, 6) is -0.373. The van der Waals surface area contributed by atoms with Crippen molar-refractivity contribution in [2.75, 3.05) is 18.4 Å². The molecule has 0 aliphatic rings. The van der Waals surface area contributed by atoms with E-state index in [2.05, 4.69) is 15.5 Å². The van der Waals surface area contributed by atoms with E-state index in [0.29, 0.717) is 28.8 Å². The second-order valence-electron chi connectivity index (χ2n) is 5.85. The van der Waals surface area contributed by atoms with Gasteiger partial charge in [0.1, 0.15) is 5.01 Å². The van der Waals surface area contributed by atoms with Gasteiger partial charge in [-0.25, -0.2) is 8.42 Å². The van der Waals surface area contributed by atoms with Crippen LogP contribution in [0.1, 0.15) is 24.2 Å². The first kappa shape index (κ1) is 20.1. The first-order valence-corrected chi connectivity index (χ1v) is 11.0. The van der Waals surface area contributed by atoms with Gasteiger partial charge in [0.15, 0.2) is 0 Å². The summed E-state index contributed by atoms with van der Waals surface area (Å²) in [4.78, 5) is 12.6. The van der Waals surface area contributed by atoms with Crippen LogP contribution in [-0.4, -0.2) is 41.9 Å². The molecular formula is C19H20N4O3S2. The third-order valence-electron chi connectivity index (χ3n) is 4.13. The molecule has 0 aliphatic heterocycles. The first-order chi connectivity index (χ1) is 13.5. The van der Waals surface area contributed by atoms with E-state index in [1.807, 2.05) is 30.3 Å². The third-order valence-corrected chi connectivity index (χ3v) is 7.08. The second kappa shape index (κ2) is 8.59. The second-order valence-corrected chi connectivity index (χ2v) is 8.76. The summed E-state index contributed by atoms with van der Waals surface area (Å²) in [5, 5.41) is 11.9. The van der Waals surface area contributed by atoms with Crippen LogP contribution in [0.5, 0.6) is 0 Å². The van der Waals surface area contributed by atoms with E-state index >= 15 is 0 Å². The summed E-state index contributed by atoms with van der Waals surface area (Å²) in [7, 11) is -3.55. The third kappa shape index (κ3) is 4.27. The molecular weight excluding hydrogens is 396 g/mol.